The van der Waals surface area contributed by atoms with Gasteiger partial charge in [-0.15, -0.1) is 6.58 Å². The second-order valence-corrected chi connectivity index (χ2v) is 3.61. The van der Waals surface area contributed by atoms with Crippen LogP contribution in [0.25, 0.3) is 0 Å². The first-order valence-corrected chi connectivity index (χ1v) is 6.62. The molecule has 0 saturated carbocycles. The molecular formula is C14H36N4. The molecule has 18 heavy (non-hydrogen) atoms. The van der Waals surface area contributed by atoms with Gasteiger partial charge in [0.15, 0.2) is 0 Å². The van der Waals surface area contributed by atoms with E-state index >= 15 is 0 Å². The van der Waals surface area contributed by atoms with Crippen LogP contribution in [0.15, 0.2) is 17.6 Å². The van der Waals surface area contributed by atoms with Gasteiger partial charge < -0.3 is 16.0 Å². The Balaban J connectivity index is -0.0000000750. The molecule has 4 nitrogen and oxygen atoms in total. The quantitative estimate of drug-likeness (QED) is 0.463. The van der Waals surface area contributed by atoms with Crippen molar-refractivity contribution in [1.82, 2.24) is 10.2 Å². The number of aliphatic imine (C=N–C) groups is 1. The Morgan fingerprint density at radius 3 is 1.61 bits per heavy atom. The lowest BCUT2D eigenvalue weighted by atomic mass is 10.6. The van der Waals surface area contributed by atoms with Gasteiger partial charge in [0.2, 0.25) is 0 Å². The van der Waals surface area contributed by atoms with E-state index < -0.39 is 0 Å². The zero-order valence-electron chi connectivity index (χ0n) is 13.7. The highest BCUT2D eigenvalue weighted by atomic mass is 15.0. The fraction of sp³-hybridized carbons (Fsp3) is 0.786. The molecule has 0 aliphatic heterocycles. The highest BCUT2D eigenvalue weighted by Gasteiger charge is 1.72. The van der Waals surface area contributed by atoms with Crippen molar-refractivity contribution in [3.63, 3.8) is 0 Å². The molecule has 4 heteroatoms. The van der Waals surface area contributed by atoms with E-state index in [4.69, 9.17) is 5.73 Å². The Bertz CT molecular complexity index is 132. The van der Waals surface area contributed by atoms with Crippen LogP contribution in [0.3, 0.4) is 0 Å². The van der Waals surface area contributed by atoms with Crippen molar-refractivity contribution in [1.29, 1.82) is 0 Å². The summed E-state index contributed by atoms with van der Waals surface area (Å²) < 4.78 is 0. The number of nitrogens with zero attached hydrogens (tertiary/aromatic N) is 2. The summed E-state index contributed by atoms with van der Waals surface area (Å²) in [6, 6.07) is 0. The summed E-state index contributed by atoms with van der Waals surface area (Å²) >= 11 is 0. The number of nitrogens with two attached hydrogens (primary N) is 1. The van der Waals surface area contributed by atoms with Crippen molar-refractivity contribution in [2.75, 3.05) is 40.8 Å². The second-order valence-electron chi connectivity index (χ2n) is 3.61. The predicted octanol–water partition coefficient (Wildman–Crippen LogP) is 2.37. The lowest BCUT2D eigenvalue weighted by Crippen LogP contribution is -2.08. The molecule has 0 aromatic heterocycles. The molecule has 112 valence electrons. The first kappa shape index (κ1) is 25.9. The van der Waals surface area contributed by atoms with Crippen LogP contribution in [0.2, 0.25) is 0 Å². The van der Waals surface area contributed by atoms with Crippen molar-refractivity contribution in [2.24, 2.45) is 10.7 Å². The van der Waals surface area contributed by atoms with E-state index in [9.17, 15) is 0 Å². The smallest absolute Gasteiger partial charge is 0.0801 e. The van der Waals surface area contributed by atoms with Gasteiger partial charge in [0.1, 0.15) is 0 Å². The highest BCUT2D eigenvalue weighted by Crippen LogP contribution is 1.63. The van der Waals surface area contributed by atoms with Gasteiger partial charge >= 0.3 is 0 Å². The molecule has 0 aliphatic carbocycles. The molecule has 0 rings (SSSR count). The molecule has 0 bridgehead atoms. The summed E-state index contributed by atoms with van der Waals surface area (Å²) in [7, 11) is 6.04. The molecule has 0 radical (unpaired) electrons. The molecular weight excluding hydrogens is 224 g/mol. The van der Waals surface area contributed by atoms with Crippen LogP contribution in [0.1, 0.15) is 34.1 Å². The molecule has 0 unspecified atom stereocenters. The first-order valence-electron chi connectivity index (χ1n) is 6.62. The summed E-state index contributed by atoms with van der Waals surface area (Å²) in [6.07, 6.45) is 4.20. The summed E-state index contributed by atoms with van der Waals surface area (Å²) in [4.78, 5) is 5.75. The minimum absolute atomic E-state index is 0.622. The summed E-state index contributed by atoms with van der Waals surface area (Å²) in [5.41, 5.74) is 4.88. The Kier molecular flexibility index (Phi) is 51.7. The van der Waals surface area contributed by atoms with E-state index in [1.165, 1.54) is 12.8 Å². The average Bonchev–Trinajstić information content (AvgIpc) is 2.38. The zero-order chi connectivity index (χ0) is 15.2. The van der Waals surface area contributed by atoms with E-state index in [-0.39, 0.29) is 0 Å². The van der Waals surface area contributed by atoms with Crippen molar-refractivity contribution < 1.29 is 0 Å². The molecule has 3 N–H and O–H groups in total. The third kappa shape index (κ3) is 115. The monoisotopic (exact) mass is 260 g/mol. The lowest BCUT2D eigenvalue weighted by Gasteiger charge is -2.00. The molecule has 0 atom stereocenters. The SMILES string of the molecule is C=CCN=CN.CCC.CCN(C)C.CCNC. The molecule has 0 aromatic rings. The maximum atomic E-state index is 4.88. The number of hydrogen-bond donors (Lipinski definition) is 2. The van der Waals surface area contributed by atoms with Gasteiger partial charge in [-0.2, -0.15) is 0 Å². The van der Waals surface area contributed by atoms with Gasteiger partial charge in [-0.3, -0.25) is 4.99 Å². The second kappa shape index (κ2) is 36.0. The van der Waals surface area contributed by atoms with Crippen LogP contribution < -0.4 is 11.1 Å². The minimum Gasteiger partial charge on any atom is -0.390 e. The van der Waals surface area contributed by atoms with Crippen LogP contribution in [0, 0.1) is 0 Å². The zero-order valence-corrected chi connectivity index (χ0v) is 13.7. The maximum Gasteiger partial charge on any atom is 0.0801 e. The van der Waals surface area contributed by atoms with Gasteiger partial charge in [0.25, 0.3) is 0 Å². The largest absolute Gasteiger partial charge is 0.390 e. The molecule has 0 aromatic carbocycles. The van der Waals surface area contributed by atoms with Crippen molar-refractivity contribution in [2.45, 2.75) is 34.1 Å². The van der Waals surface area contributed by atoms with E-state index in [1.54, 1.807) is 6.08 Å². The fourth-order valence-electron chi connectivity index (χ4n) is 0.135. The Labute approximate surface area is 115 Å². The van der Waals surface area contributed by atoms with Crippen LogP contribution in [0.4, 0.5) is 0 Å². The molecule has 0 aliphatic rings. The standard InChI is InChI=1S/C4H8N2.C4H11N.C3H9N.C3H8/c1-2-3-6-4-5;1-4-5(2)3;1-3-4-2;1-3-2/h2,4H,1,3H2,(H2,5,6);4H2,1-3H3;4H,3H2,1-2H3;3H2,1-2H3. The van der Waals surface area contributed by atoms with Crippen molar-refractivity contribution in [3.05, 3.63) is 12.7 Å². The molecule has 0 spiro atoms. The van der Waals surface area contributed by atoms with E-state index in [2.05, 4.69) is 63.6 Å². The Morgan fingerprint density at radius 2 is 1.56 bits per heavy atom. The summed E-state index contributed by atoms with van der Waals surface area (Å²) in [5, 5.41) is 2.93. The van der Waals surface area contributed by atoms with Crippen molar-refractivity contribution >= 4 is 6.34 Å². The lowest BCUT2D eigenvalue weighted by molar-refractivity contribution is 0.434. The van der Waals surface area contributed by atoms with E-state index in [1.807, 2.05) is 7.05 Å². The van der Waals surface area contributed by atoms with E-state index in [0.717, 1.165) is 13.1 Å². The maximum absolute atomic E-state index is 4.88. The minimum atomic E-state index is 0.622. The van der Waals surface area contributed by atoms with Gasteiger partial charge in [0.05, 0.1) is 12.9 Å². The van der Waals surface area contributed by atoms with E-state index in [0.29, 0.717) is 6.54 Å². The van der Waals surface area contributed by atoms with Gasteiger partial charge in [0, 0.05) is 0 Å². The third-order valence-electron chi connectivity index (χ3n) is 1.33. The molecule has 0 saturated heterocycles. The fourth-order valence-corrected chi connectivity index (χ4v) is 0.135. The number of nitrogens with one attached hydrogen (secondary N) is 1. The first-order chi connectivity index (χ1) is 8.51. The number of rotatable bonds is 4. The highest BCUT2D eigenvalue weighted by molar-refractivity contribution is 5.51. The van der Waals surface area contributed by atoms with Gasteiger partial charge in [-0.25, -0.2) is 0 Å². The predicted molar refractivity (Wildman–Crippen MR) is 87.5 cm³/mol. The van der Waals surface area contributed by atoms with Gasteiger partial charge in [-0.05, 0) is 34.2 Å². The van der Waals surface area contributed by atoms with Crippen LogP contribution in [-0.2, 0) is 0 Å². The molecule has 0 heterocycles. The normalized spacial score (nSPS) is 8.44. The third-order valence-corrected chi connectivity index (χ3v) is 1.33. The number of hydrogen-bond acceptors (Lipinski definition) is 3. The topological polar surface area (TPSA) is 53.6 Å². The Morgan fingerprint density at radius 1 is 1.22 bits per heavy atom. The van der Waals surface area contributed by atoms with Crippen LogP contribution >= 0.6 is 0 Å². The van der Waals surface area contributed by atoms with Crippen LogP contribution in [0.5, 0.6) is 0 Å². The molecule has 0 fully saturated rings. The summed E-state index contributed by atoms with van der Waals surface area (Å²) in [5.74, 6) is 0. The average molecular weight is 260 g/mol. The Hall–Kier alpha value is -0.870. The van der Waals surface area contributed by atoms with Crippen molar-refractivity contribution in [3.8, 4) is 0 Å². The van der Waals surface area contributed by atoms with Crippen LogP contribution in [-0.4, -0.2) is 52.0 Å². The molecule has 0 amide bonds. The van der Waals surface area contributed by atoms with Gasteiger partial charge in [-0.1, -0.05) is 40.2 Å². The summed E-state index contributed by atoms with van der Waals surface area (Å²) in [6.45, 7) is 14.7.